The van der Waals surface area contributed by atoms with E-state index >= 15 is 0 Å². The van der Waals surface area contributed by atoms with Crippen LogP contribution in [0.2, 0.25) is 0 Å². The lowest BCUT2D eigenvalue weighted by Gasteiger charge is -2.28. The first kappa shape index (κ1) is 25.6. The number of ether oxygens (including phenoxy) is 1. The summed E-state index contributed by atoms with van der Waals surface area (Å²) in [6.07, 6.45) is -4.37. The van der Waals surface area contributed by atoms with Crippen LogP contribution in [-0.4, -0.2) is 53.6 Å². The zero-order valence-electron chi connectivity index (χ0n) is 18.3. The van der Waals surface area contributed by atoms with Crippen molar-refractivity contribution >= 4 is 17.8 Å². The van der Waals surface area contributed by atoms with Gasteiger partial charge < -0.3 is 15.0 Å². The minimum Gasteiger partial charge on any atom is -0.460 e. The summed E-state index contributed by atoms with van der Waals surface area (Å²) in [5, 5.41) is 1.80. The largest absolute Gasteiger partial charge is 0.471 e. The molecule has 1 N–H and O–H groups in total. The standard InChI is InChI=1S/C22H28F4N2O4/c1-21(2,3)32-19(30)15(11-14-7-4-5-9-17(14)23)12-18(29)28-10-6-8-16(28)13-27-20(31)22(24,25)26/h4-5,7,9,15-16H,6,8,10-13H2,1-3H3,(H,27,31). The number of rotatable bonds is 7. The zero-order chi connectivity index (χ0) is 24.1. The van der Waals surface area contributed by atoms with E-state index < -0.39 is 47.3 Å². The van der Waals surface area contributed by atoms with Gasteiger partial charge in [-0.3, -0.25) is 14.4 Å². The van der Waals surface area contributed by atoms with Gasteiger partial charge in [0.25, 0.3) is 0 Å². The lowest BCUT2D eigenvalue weighted by molar-refractivity contribution is -0.173. The first-order chi connectivity index (χ1) is 14.8. The molecule has 1 aromatic carbocycles. The third-order valence-corrected chi connectivity index (χ3v) is 5.04. The van der Waals surface area contributed by atoms with E-state index in [9.17, 15) is 31.9 Å². The molecule has 0 aliphatic carbocycles. The number of hydrogen-bond acceptors (Lipinski definition) is 4. The van der Waals surface area contributed by atoms with Gasteiger partial charge in [0.05, 0.1) is 5.92 Å². The molecule has 178 valence electrons. The van der Waals surface area contributed by atoms with Crippen LogP contribution in [0.5, 0.6) is 0 Å². The predicted molar refractivity (Wildman–Crippen MR) is 108 cm³/mol. The Morgan fingerprint density at radius 3 is 2.44 bits per heavy atom. The lowest BCUT2D eigenvalue weighted by Crippen LogP contribution is -2.47. The molecule has 0 bridgehead atoms. The number of esters is 1. The van der Waals surface area contributed by atoms with Crippen LogP contribution in [0, 0.1) is 11.7 Å². The van der Waals surface area contributed by atoms with Crippen molar-refractivity contribution in [1.82, 2.24) is 10.2 Å². The second-order valence-electron chi connectivity index (χ2n) is 8.82. The van der Waals surface area contributed by atoms with Crippen molar-refractivity contribution in [2.24, 2.45) is 5.92 Å². The van der Waals surface area contributed by atoms with E-state index in [2.05, 4.69) is 0 Å². The molecule has 0 saturated carbocycles. The molecule has 2 atom stereocenters. The molecule has 0 spiro atoms. The van der Waals surface area contributed by atoms with Crippen LogP contribution in [0.3, 0.4) is 0 Å². The topological polar surface area (TPSA) is 75.7 Å². The van der Waals surface area contributed by atoms with E-state index in [0.29, 0.717) is 19.4 Å². The fraction of sp³-hybridized carbons (Fsp3) is 0.591. The van der Waals surface area contributed by atoms with Crippen LogP contribution in [0.1, 0.15) is 45.6 Å². The number of halogens is 4. The van der Waals surface area contributed by atoms with Crippen molar-refractivity contribution in [3.8, 4) is 0 Å². The van der Waals surface area contributed by atoms with Gasteiger partial charge in [0, 0.05) is 25.6 Å². The number of benzene rings is 1. The Kier molecular flexibility index (Phi) is 8.25. The van der Waals surface area contributed by atoms with Crippen molar-refractivity contribution in [2.45, 2.75) is 64.3 Å². The SMILES string of the molecule is CC(C)(C)OC(=O)C(CC(=O)N1CCCC1CNC(=O)C(F)(F)F)Cc1ccccc1F. The summed E-state index contributed by atoms with van der Waals surface area (Å²) in [6, 6.07) is 5.29. The fourth-order valence-corrected chi connectivity index (χ4v) is 3.57. The maximum absolute atomic E-state index is 14.1. The highest BCUT2D eigenvalue weighted by Gasteiger charge is 2.40. The van der Waals surface area contributed by atoms with Gasteiger partial charge in [-0.1, -0.05) is 18.2 Å². The number of alkyl halides is 3. The highest BCUT2D eigenvalue weighted by atomic mass is 19.4. The molecule has 0 aromatic heterocycles. The third kappa shape index (κ3) is 7.49. The zero-order valence-corrected chi connectivity index (χ0v) is 18.3. The van der Waals surface area contributed by atoms with Gasteiger partial charge in [-0.05, 0) is 51.7 Å². The molecule has 2 rings (SSSR count). The molecule has 6 nitrogen and oxygen atoms in total. The van der Waals surface area contributed by atoms with Crippen molar-refractivity contribution in [1.29, 1.82) is 0 Å². The Morgan fingerprint density at radius 2 is 1.84 bits per heavy atom. The molecular formula is C22H28F4N2O4. The van der Waals surface area contributed by atoms with Crippen molar-refractivity contribution in [2.75, 3.05) is 13.1 Å². The molecule has 1 aliphatic rings. The van der Waals surface area contributed by atoms with Crippen molar-refractivity contribution in [3.05, 3.63) is 35.6 Å². The third-order valence-electron chi connectivity index (χ3n) is 5.04. The summed E-state index contributed by atoms with van der Waals surface area (Å²) in [4.78, 5) is 38.1. The van der Waals surface area contributed by atoms with Crippen LogP contribution in [0.25, 0.3) is 0 Å². The summed E-state index contributed by atoms with van der Waals surface area (Å²) in [6.45, 7) is 4.98. The van der Waals surface area contributed by atoms with Crippen LogP contribution in [0.15, 0.2) is 24.3 Å². The van der Waals surface area contributed by atoms with Gasteiger partial charge >= 0.3 is 18.1 Å². The summed E-state index contributed by atoms with van der Waals surface area (Å²) in [5.74, 6) is -4.66. The number of nitrogens with zero attached hydrogens (tertiary/aromatic N) is 1. The first-order valence-corrected chi connectivity index (χ1v) is 10.4. The van der Waals surface area contributed by atoms with Gasteiger partial charge in [-0.15, -0.1) is 0 Å². The van der Waals surface area contributed by atoms with Crippen LogP contribution in [0.4, 0.5) is 17.6 Å². The van der Waals surface area contributed by atoms with E-state index in [-0.39, 0.29) is 24.9 Å². The number of hydrogen-bond donors (Lipinski definition) is 1. The first-order valence-electron chi connectivity index (χ1n) is 10.4. The van der Waals surface area contributed by atoms with Crippen LogP contribution >= 0.6 is 0 Å². The molecule has 1 saturated heterocycles. The number of amides is 2. The van der Waals surface area contributed by atoms with E-state index in [0.717, 1.165) is 0 Å². The number of likely N-dealkylation sites (tertiary alicyclic amines) is 1. The fourth-order valence-electron chi connectivity index (χ4n) is 3.57. The molecular weight excluding hydrogens is 432 g/mol. The monoisotopic (exact) mass is 460 g/mol. The Morgan fingerprint density at radius 1 is 1.19 bits per heavy atom. The van der Waals surface area contributed by atoms with Gasteiger partial charge in [0.15, 0.2) is 0 Å². The molecule has 1 heterocycles. The highest BCUT2D eigenvalue weighted by molar-refractivity contribution is 5.84. The molecule has 0 radical (unpaired) electrons. The minimum atomic E-state index is -5.00. The Labute approximate surface area is 184 Å². The van der Waals surface area contributed by atoms with E-state index in [1.165, 1.54) is 23.1 Å². The van der Waals surface area contributed by atoms with Gasteiger partial charge in [0.2, 0.25) is 5.91 Å². The summed E-state index contributed by atoms with van der Waals surface area (Å²) < 4.78 is 56.9. The number of carbonyl (C=O) groups is 3. The smallest absolute Gasteiger partial charge is 0.460 e. The highest BCUT2D eigenvalue weighted by Crippen LogP contribution is 2.24. The molecule has 1 aromatic rings. The Balaban J connectivity index is 2.11. The molecule has 2 unspecified atom stereocenters. The number of nitrogens with one attached hydrogen (secondary N) is 1. The molecule has 1 aliphatic heterocycles. The van der Waals surface area contributed by atoms with Crippen molar-refractivity contribution in [3.63, 3.8) is 0 Å². The molecule has 1 fully saturated rings. The van der Waals surface area contributed by atoms with Crippen molar-refractivity contribution < 1.29 is 36.7 Å². The van der Waals surface area contributed by atoms with Gasteiger partial charge in [-0.2, -0.15) is 13.2 Å². The predicted octanol–water partition coefficient (Wildman–Crippen LogP) is 3.39. The van der Waals surface area contributed by atoms with E-state index in [1.807, 2.05) is 0 Å². The summed E-state index contributed by atoms with van der Waals surface area (Å²) >= 11 is 0. The molecule has 2 amide bonds. The number of carbonyl (C=O) groups excluding carboxylic acids is 3. The maximum Gasteiger partial charge on any atom is 0.471 e. The summed E-state index contributed by atoms with van der Waals surface area (Å²) in [5.41, 5.74) is -0.558. The Bertz CT molecular complexity index is 836. The normalized spacial score (nSPS) is 17.7. The lowest BCUT2D eigenvalue weighted by atomic mass is 9.94. The van der Waals surface area contributed by atoms with E-state index in [1.54, 1.807) is 32.2 Å². The molecule has 32 heavy (non-hydrogen) atoms. The maximum atomic E-state index is 14.1. The minimum absolute atomic E-state index is 0.0589. The average molecular weight is 460 g/mol. The average Bonchev–Trinajstić information content (AvgIpc) is 3.13. The quantitative estimate of drug-likeness (QED) is 0.500. The van der Waals surface area contributed by atoms with Crippen LogP contribution < -0.4 is 5.32 Å². The van der Waals surface area contributed by atoms with Gasteiger partial charge in [0.1, 0.15) is 11.4 Å². The summed E-state index contributed by atoms with van der Waals surface area (Å²) in [7, 11) is 0. The molecule has 10 heteroatoms. The van der Waals surface area contributed by atoms with Crippen LogP contribution in [-0.2, 0) is 25.5 Å². The Hall–Kier alpha value is -2.65. The second kappa shape index (κ2) is 10.3. The second-order valence-corrected chi connectivity index (χ2v) is 8.82. The van der Waals surface area contributed by atoms with E-state index in [4.69, 9.17) is 4.74 Å². The van der Waals surface area contributed by atoms with Gasteiger partial charge in [-0.25, -0.2) is 4.39 Å².